The molecule has 128 valence electrons. The zero-order valence-corrected chi connectivity index (χ0v) is 15.0. The topological polar surface area (TPSA) is 44.8 Å². The quantitative estimate of drug-likeness (QED) is 0.881. The second-order valence-corrected chi connectivity index (χ2v) is 8.36. The van der Waals surface area contributed by atoms with Crippen LogP contribution < -0.4 is 4.90 Å². The molecule has 0 amide bonds. The maximum atomic E-state index is 4.17. The lowest BCUT2D eigenvalue weighted by molar-refractivity contribution is 0.453. The van der Waals surface area contributed by atoms with Crippen molar-refractivity contribution >= 4 is 17.4 Å². The summed E-state index contributed by atoms with van der Waals surface area (Å²) in [6, 6.07) is 9.35. The van der Waals surface area contributed by atoms with Crippen LogP contribution in [0.25, 0.3) is 0 Å². The molecular weight excluding hydrogens is 316 g/mol. The summed E-state index contributed by atoms with van der Waals surface area (Å²) in [4.78, 5) is 2.57. The van der Waals surface area contributed by atoms with Crippen LogP contribution in [0.15, 0.2) is 35.5 Å². The Morgan fingerprint density at radius 2 is 1.88 bits per heavy atom. The van der Waals surface area contributed by atoms with Gasteiger partial charge in [-0.1, -0.05) is 23.9 Å². The Morgan fingerprint density at radius 3 is 2.62 bits per heavy atom. The Labute approximate surface area is 148 Å². The number of hydrogen-bond donors (Lipinski definition) is 1. The van der Waals surface area contributed by atoms with Gasteiger partial charge in [-0.3, -0.25) is 0 Å². The summed E-state index contributed by atoms with van der Waals surface area (Å²) in [7, 11) is 0. The number of nitrogens with zero attached hydrogens (tertiary/aromatic N) is 3. The Hall–Kier alpha value is -1.49. The molecule has 1 aliphatic carbocycles. The van der Waals surface area contributed by atoms with Crippen molar-refractivity contribution in [2.75, 3.05) is 18.0 Å². The first-order chi connectivity index (χ1) is 11.9. The molecule has 2 heterocycles. The predicted octanol–water partition coefficient (Wildman–Crippen LogP) is 4.61. The van der Waals surface area contributed by atoms with Gasteiger partial charge in [-0.25, -0.2) is 0 Å². The third-order valence-electron chi connectivity index (χ3n) is 5.42. The highest BCUT2D eigenvalue weighted by molar-refractivity contribution is 7.99. The largest absolute Gasteiger partial charge is 0.372 e. The molecule has 4 rings (SSSR count). The lowest BCUT2D eigenvalue weighted by atomic mass is 9.83. The van der Waals surface area contributed by atoms with Crippen LogP contribution in [0.2, 0.25) is 0 Å². The van der Waals surface area contributed by atoms with E-state index in [1.807, 2.05) is 18.0 Å². The van der Waals surface area contributed by atoms with Crippen LogP contribution in [0.4, 0.5) is 5.69 Å². The van der Waals surface area contributed by atoms with Gasteiger partial charge >= 0.3 is 0 Å². The summed E-state index contributed by atoms with van der Waals surface area (Å²) >= 11 is 1.88. The van der Waals surface area contributed by atoms with Gasteiger partial charge in [0.25, 0.3) is 0 Å². The van der Waals surface area contributed by atoms with E-state index >= 15 is 0 Å². The minimum Gasteiger partial charge on any atom is -0.372 e. The van der Waals surface area contributed by atoms with Gasteiger partial charge in [0.2, 0.25) is 0 Å². The van der Waals surface area contributed by atoms with E-state index in [-0.39, 0.29) is 0 Å². The van der Waals surface area contributed by atoms with Gasteiger partial charge in [-0.15, -0.1) is 5.10 Å². The highest BCUT2D eigenvalue weighted by Gasteiger charge is 2.24. The van der Waals surface area contributed by atoms with Gasteiger partial charge in [0.1, 0.15) is 5.03 Å². The third-order valence-corrected chi connectivity index (χ3v) is 6.66. The van der Waals surface area contributed by atoms with E-state index in [9.17, 15) is 0 Å². The van der Waals surface area contributed by atoms with E-state index in [1.165, 1.54) is 63.7 Å². The van der Waals surface area contributed by atoms with Crippen LogP contribution in [0.1, 0.15) is 56.4 Å². The van der Waals surface area contributed by atoms with E-state index in [4.69, 9.17) is 0 Å². The molecule has 2 aromatic rings. The zero-order chi connectivity index (χ0) is 16.2. The van der Waals surface area contributed by atoms with Crippen molar-refractivity contribution in [1.29, 1.82) is 0 Å². The summed E-state index contributed by atoms with van der Waals surface area (Å²) in [5.74, 6) is 0.726. The minimum atomic E-state index is 0.691. The number of benzene rings is 1. The Bertz CT molecular complexity index is 629. The van der Waals surface area contributed by atoms with Gasteiger partial charge in [-0.05, 0) is 68.6 Å². The van der Waals surface area contributed by atoms with Crippen molar-refractivity contribution in [3.63, 3.8) is 0 Å². The normalized spacial score (nSPS) is 24.9. The second kappa shape index (κ2) is 7.60. The van der Waals surface area contributed by atoms with E-state index in [1.54, 1.807) is 5.56 Å². The molecule has 5 heteroatoms. The molecule has 0 radical (unpaired) electrons. The number of aromatic nitrogens is 3. The molecule has 1 saturated heterocycles. The monoisotopic (exact) mass is 342 g/mol. The van der Waals surface area contributed by atoms with Gasteiger partial charge < -0.3 is 4.90 Å². The lowest BCUT2D eigenvalue weighted by Crippen LogP contribution is -2.29. The summed E-state index contributed by atoms with van der Waals surface area (Å²) < 4.78 is 0. The summed E-state index contributed by atoms with van der Waals surface area (Å²) in [6.07, 6.45) is 11.0. The molecule has 2 fully saturated rings. The van der Waals surface area contributed by atoms with Gasteiger partial charge in [0, 0.05) is 24.0 Å². The number of aromatic amines is 1. The maximum Gasteiger partial charge on any atom is 0.138 e. The molecule has 1 N–H and O–H groups in total. The number of thioether (sulfide) groups is 1. The van der Waals surface area contributed by atoms with E-state index in [0.29, 0.717) is 5.25 Å². The Morgan fingerprint density at radius 1 is 1.04 bits per heavy atom. The number of nitrogens with one attached hydrogen (secondary N) is 1. The summed E-state index contributed by atoms with van der Waals surface area (Å²) in [5.41, 5.74) is 2.98. The smallest absolute Gasteiger partial charge is 0.138 e. The van der Waals surface area contributed by atoms with Crippen molar-refractivity contribution in [1.82, 2.24) is 15.4 Å². The van der Waals surface area contributed by atoms with Crippen molar-refractivity contribution in [3.05, 3.63) is 36.0 Å². The third kappa shape index (κ3) is 3.77. The molecule has 0 unspecified atom stereocenters. The molecule has 1 aromatic heterocycles. The zero-order valence-electron chi connectivity index (χ0n) is 14.2. The molecule has 1 aromatic carbocycles. The standard InChI is InChI=1S/C19H26N4S/c1-2-11-23(12-3-1)17-6-4-5-16(13-17)15-7-9-18(10-8-15)24-19-14-20-22-21-19/h4-6,13-15,18H,1-3,7-12H2,(H,20,21,22). The number of piperidine rings is 1. The fourth-order valence-electron chi connectivity index (χ4n) is 4.06. The van der Waals surface area contributed by atoms with Crippen LogP contribution in [-0.2, 0) is 0 Å². The second-order valence-electron chi connectivity index (χ2n) is 7.04. The highest BCUT2D eigenvalue weighted by Crippen LogP contribution is 2.40. The highest BCUT2D eigenvalue weighted by atomic mass is 32.2. The number of anilines is 1. The average molecular weight is 343 g/mol. The maximum absolute atomic E-state index is 4.17. The molecule has 0 atom stereocenters. The van der Waals surface area contributed by atoms with Crippen molar-refractivity contribution in [2.24, 2.45) is 0 Å². The van der Waals surface area contributed by atoms with Gasteiger partial charge in [-0.2, -0.15) is 10.3 Å². The van der Waals surface area contributed by atoms with E-state index in [2.05, 4.69) is 44.6 Å². The van der Waals surface area contributed by atoms with Crippen LogP contribution in [-0.4, -0.2) is 33.8 Å². The first-order valence-corrected chi connectivity index (χ1v) is 10.1. The van der Waals surface area contributed by atoms with Gasteiger partial charge in [0.05, 0.1) is 6.20 Å². The molecule has 24 heavy (non-hydrogen) atoms. The van der Waals surface area contributed by atoms with Crippen molar-refractivity contribution in [2.45, 2.75) is 61.1 Å². The first kappa shape index (κ1) is 16.0. The summed E-state index contributed by atoms with van der Waals surface area (Å²) in [5, 5.41) is 12.5. The molecule has 1 saturated carbocycles. The number of hydrogen-bond acceptors (Lipinski definition) is 4. The van der Waals surface area contributed by atoms with E-state index in [0.717, 1.165) is 10.9 Å². The SMILES string of the molecule is c1cc(C2CCC(Sc3cn[nH]n3)CC2)cc(N2CCCCC2)c1. The van der Waals surface area contributed by atoms with E-state index < -0.39 is 0 Å². The van der Waals surface area contributed by atoms with Crippen LogP contribution >= 0.6 is 11.8 Å². The first-order valence-electron chi connectivity index (χ1n) is 9.26. The van der Waals surface area contributed by atoms with Crippen LogP contribution in [0, 0.1) is 0 Å². The predicted molar refractivity (Wildman–Crippen MR) is 99.7 cm³/mol. The summed E-state index contributed by atoms with van der Waals surface area (Å²) in [6.45, 7) is 2.45. The molecule has 4 nitrogen and oxygen atoms in total. The van der Waals surface area contributed by atoms with Crippen LogP contribution in [0.5, 0.6) is 0 Å². The lowest BCUT2D eigenvalue weighted by Gasteiger charge is -2.31. The fraction of sp³-hybridized carbons (Fsp3) is 0.579. The minimum absolute atomic E-state index is 0.691. The van der Waals surface area contributed by atoms with Crippen LogP contribution in [0.3, 0.4) is 0 Å². The molecule has 0 bridgehead atoms. The molecular formula is C19H26N4S. The van der Waals surface area contributed by atoms with Crippen molar-refractivity contribution < 1.29 is 0 Å². The fourth-order valence-corrected chi connectivity index (χ4v) is 5.12. The Kier molecular flexibility index (Phi) is 5.07. The molecule has 0 spiro atoms. The van der Waals surface area contributed by atoms with Gasteiger partial charge in [0.15, 0.2) is 0 Å². The Balaban J connectivity index is 1.36. The molecule has 1 aliphatic heterocycles. The number of H-pyrrole nitrogens is 1. The van der Waals surface area contributed by atoms with Crippen molar-refractivity contribution in [3.8, 4) is 0 Å². The molecule has 2 aliphatic rings. The average Bonchev–Trinajstić information content (AvgIpc) is 3.16. The number of rotatable bonds is 4.